The van der Waals surface area contributed by atoms with Crippen LogP contribution in [-0.4, -0.2) is 61.9 Å². The molecule has 94 valence electrons. The van der Waals surface area contributed by atoms with Crippen LogP contribution in [0.25, 0.3) is 0 Å². The van der Waals surface area contributed by atoms with E-state index in [1.165, 1.54) is 4.90 Å². The monoisotopic (exact) mass is 238 g/mol. The van der Waals surface area contributed by atoms with Gasteiger partial charge in [0.1, 0.15) is 6.54 Å². The van der Waals surface area contributed by atoms with E-state index >= 15 is 0 Å². The zero-order chi connectivity index (χ0) is 12.8. The summed E-state index contributed by atoms with van der Waals surface area (Å²) in [6.45, 7) is 2.44. The van der Waals surface area contributed by atoms with Gasteiger partial charge in [-0.3, -0.25) is 9.59 Å². The Bertz CT molecular complexity index is 337. The van der Waals surface area contributed by atoms with Crippen LogP contribution in [-0.2, 0) is 9.59 Å². The van der Waals surface area contributed by atoms with Crippen LogP contribution in [0.5, 0.6) is 0 Å². The number of nitrogens with one attached hydrogen (secondary N) is 1. The molecule has 17 heavy (non-hydrogen) atoms. The lowest BCUT2D eigenvalue weighted by Gasteiger charge is -2.20. The van der Waals surface area contributed by atoms with Crippen molar-refractivity contribution >= 4 is 11.8 Å². The molecule has 1 heterocycles. The number of likely N-dealkylation sites (tertiary alicyclic amines) is 1. The van der Waals surface area contributed by atoms with Crippen LogP contribution in [0, 0.1) is 17.2 Å². The normalized spacial score (nSPS) is 19.7. The molecule has 1 atom stereocenters. The number of carbonyl (C=O) groups is 2. The van der Waals surface area contributed by atoms with Crippen molar-refractivity contribution < 1.29 is 9.59 Å². The lowest BCUT2D eigenvalue weighted by molar-refractivity contribution is -0.145. The van der Waals surface area contributed by atoms with E-state index in [0.717, 1.165) is 19.5 Å². The maximum Gasteiger partial charge on any atom is 0.311 e. The Kier molecular flexibility index (Phi) is 4.91. The smallest absolute Gasteiger partial charge is 0.311 e. The van der Waals surface area contributed by atoms with Crippen LogP contribution >= 0.6 is 0 Å². The number of amides is 2. The first-order valence-electron chi connectivity index (χ1n) is 5.63. The maximum absolute atomic E-state index is 11.6. The molecule has 1 aliphatic rings. The minimum absolute atomic E-state index is 0.134. The molecule has 0 spiro atoms. The molecule has 1 unspecified atom stereocenters. The van der Waals surface area contributed by atoms with Crippen molar-refractivity contribution in [3.05, 3.63) is 0 Å². The fraction of sp³-hybridized carbons (Fsp3) is 0.727. The van der Waals surface area contributed by atoms with Crippen molar-refractivity contribution in [3.8, 4) is 6.07 Å². The van der Waals surface area contributed by atoms with E-state index in [0.29, 0.717) is 12.5 Å². The van der Waals surface area contributed by atoms with Gasteiger partial charge in [-0.25, -0.2) is 0 Å². The molecule has 0 bridgehead atoms. The summed E-state index contributed by atoms with van der Waals surface area (Å²) in [4.78, 5) is 26.6. The van der Waals surface area contributed by atoms with Gasteiger partial charge in [-0.1, -0.05) is 0 Å². The molecule has 0 saturated carbocycles. The zero-order valence-electron chi connectivity index (χ0n) is 10.3. The topological polar surface area (TPSA) is 76.4 Å². The third-order valence-electron chi connectivity index (χ3n) is 2.89. The summed E-state index contributed by atoms with van der Waals surface area (Å²) in [5, 5.41) is 10.5. The third kappa shape index (κ3) is 4.04. The molecule has 1 saturated heterocycles. The van der Waals surface area contributed by atoms with Gasteiger partial charge in [-0.15, -0.1) is 0 Å². The fourth-order valence-corrected chi connectivity index (χ4v) is 2.01. The van der Waals surface area contributed by atoms with E-state index < -0.39 is 11.8 Å². The Hall–Kier alpha value is -1.61. The highest BCUT2D eigenvalue weighted by Crippen LogP contribution is 2.14. The molecule has 6 heteroatoms. The van der Waals surface area contributed by atoms with E-state index in [1.807, 2.05) is 7.05 Å². The van der Waals surface area contributed by atoms with Gasteiger partial charge < -0.3 is 15.1 Å². The molecular weight excluding hydrogens is 220 g/mol. The third-order valence-corrected chi connectivity index (χ3v) is 2.89. The predicted octanol–water partition coefficient (Wildman–Crippen LogP) is -0.964. The first-order chi connectivity index (χ1) is 8.04. The molecule has 1 fully saturated rings. The van der Waals surface area contributed by atoms with E-state index in [9.17, 15) is 9.59 Å². The van der Waals surface area contributed by atoms with Crippen molar-refractivity contribution in [1.82, 2.24) is 15.1 Å². The van der Waals surface area contributed by atoms with E-state index in [2.05, 4.69) is 10.2 Å². The highest BCUT2D eigenvalue weighted by molar-refractivity contribution is 6.34. The van der Waals surface area contributed by atoms with Crippen LogP contribution in [0.4, 0.5) is 0 Å². The second-order valence-corrected chi connectivity index (χ2v) is 4.44. The minimum Gasteiger partial charge on any atom is -0.337 e. The van der Waals surface area contributed by atoms with Crippen molar-refractivity contribution in [3.63, 3.8) is 0 Å². The molecule has 6 nitrogen and oxygen atoms in total. The quantitative estimate of drug-likeness (QED) is 0.507. The summed E-state index contributed by atoms with van der Waals surface area (Å²) in [7, 11) is 3.66. The Morgan fingerprint density at radius 1 is 1.59 bits per heavy atom. The summed E-state index contributed by atoms with van der Waals surface area (Å²) in [5.41, 5.74) is 0. The van der Waals surface area contributed by atoms with E-state index in [-0.39, 0.29) is 6.54 Å². The van der Waals surface area contributed by atoms with Gasteiger partial charge in [-0.05, 0) is 25.9 Å². The molecule has 0 aliphatic carbocycles. The van der Waals surface area contributed by atoms with Gasteiger partial charge in [0.15, 0.2) is 0 Å². The van der Waals surface area contributed by atoms with Crippen LogP contribution in [0.2, 0.25) is 0 Å². The number of nitrogens with zero attached hydrogens (tertiary/aromatic N) is 3. The number of hydrogen-bond acceptors (Lipinski definition) is 4. The highest BCUT2D eigenvalue weighted by atomic mass is 16.2. The van der Waals surface area contributed by atoms with Crippen molar-refractivity contribution in [2.75, 3.05) is 40.3 Å². The minimum atomic E-state index is -0.708. The summed E-state index contributed by atoms with van der Waals surface area (Å²) in [6, 6.07) is 1.76. The number of nitriles is 1. The maximum atomic E-state index is 11.6. The molecule has 1 N–H and O–H groups in total. The molecule has 0 aromatic heterocycles. The van der Waals surface area contributed by atoms with Gasteiger partial charge in [0, 0.05) is 20.1 Å². The van der Waals surface area contributed by atoms with Crippen molar-refractivity contribution in [2.45, 2.75) is 6.42 Å². The Balaban J connectivity index is 2.36. The fourth-order valence-electron chi connectivity index (χ4n) is 2.01. The molecule has 0 aromatic carbocycles. The van der Waals surface area contributed by atoms with Gasteiger partial charge >= 0.3 is 11.8 Å². The second kappa shape index (κ2) is 6.21. The molecule has 1 rings (SSSR count). The average Bonchev–Trinajstić information content (AvgIpc) is 2.70. The van der Waals surface area contributed by atoms with Gasteiger partial charge in [-0.2, -0.15) is 5.26 Å². The Morgan fingerprint density at radius 3 is 2.82 bits per heavy atom. The van der Waals surface area contributed by atoms with Crippen LogP contribution in [0.15, 0.2) is 0 Å². The standard InChI is InChI=1S/C11H18N4O2/c1-14-6-3-9(7-14)8-15(2)11(17)10(16)13-5-4-12/h9H,3,5-8H2,1-2H3,(H,13,16). The number of carbonyl (C=O) groups excluding carboxylic acids is 2. The largest absolute Gasteiger partial charge is 0.337 e. The predicted molar refractivity (Wildman–Crippen MR) is 61.9 cm³/mol. The summed E-state index contributed by atoms with van der Waals surface area (Å²) in [5.74, 6) is -0.854. The van der Waals surface area contributed by atoms with Crippen LogP contribution in [0.1, 0.15) is 6.42 Å². The van der Waals surface area contributed by atoms with Crippen LogP contribution < -0.4 is 5.32 Å². The van der Waals surface area contributed by atoms with Gasteiger partial charge in [0.25, 0.3) is 0 Å². The van der Waals surface area contributed by atoms with Crippen molar-refractivity contribution in [1.29, 1.82) is 5.26 Å². The lowest BCUT2D eigenvalue weighted by Crippen LogP contribution is -2.43. The van der Waals surface area contributed by atoms with E-state index in [4.69, 9.17) is 5.26 Å². The first-order valence-corrected chi connectivity index (χ1v) is 5.63. The van der Waals surface area contributed by atoms with E-state index in [1.54, 1.807) is 13.1 Å². The van der Waals surface area contributed by atoms with Gasteiger partial charge in [0.05, 0.1) is 6.07 Å². The van der Waals surface area contributed by atoms with Crippen molar-refractivity contribution in [2.24, 2.45) is 5.92 Å². The molecule has 0 aromatic rings. The van der Waals surface area contributed by atoms with Gasteiger partial charge in [0.2, 0.25) is 0 Å². The SMILES string of the molecule is CN1CCC(CN(C)C(=O)C(=O)NCC#N)C1. The average molecular weight is 238 g/mol. The summed E-state index contributed by atoms with van der Waals surface area (Å²) < 4.78 is 0. The number of hydrogen-bond donors (Lipinski definition) is 1. The molecular formula is C11H18N4O2. The highest BCUT2D eigenvalue weighted by Gasteiger charge is 2.25. The number of likely N-dealkylation sites (N-methyl/N-ethyl adjacent to an activating group) is 1. The molecule has 0 radical (unpaired) electrons. The number of rotatable bonds is 3. The lowest BCUT2D eigenvalue weighted by atomic mass is 10.1. The van der Waals surface area contributed by atoms with Crippen LogP contribution in [0.3, 0.4) is 0 Å². The Labute approximate surface area is 101 Å². The molecule has 2 amide bonds. The summed E-state index contributed by atoms with van der Waals surface area (Å²) >= 11 is 0. The Morgan fingerprint density at radius 2 is 2.29 bits per heavy atom. The second-order valence-electron chi connectivity index (χ2n) is 4.44. The zero-order valence-corrected chi connectivity index (χ0v) is 10.3. The summed E-state index contributed by atoms with van der Waals surface area (Å²) in [6.07, 6.45) is 1.05. The first kappa shape index (κ1) is 13.5. The molecule has 1 aliphatic heterocycles.